The zero-order valence-electron chi connectivity index (χ0n) is 14.3. The lowest BCUT2D eigenvalue weighted by atomic mass is 10.1. The minimum absolute atomic E-state index is 0.000829. The Morgan fingerprint density at radius 1 is 1.23 bits per heavy atom. The molecule has 0 saturated carbocycles. The molecule has 2 amide bonds. The molecule has 1 aliphatic heterocycles. The van der Waals surface area contributed by atoms with Crippen molar-refractivity contribution in [3.63, 3.8) is 0 Å². The quantitative estimate of drug-likeness (QED) is 0.844. The van der Waals surface area contributed by atoms with Gasteiger partial charge in [-0.15, -0.1) is 0 Å². The summed E-state index contributed by atoms with van der Waals surface area (Å²) in [4.78, 5) is 26.3. The first-order chi connectivity index (χ1) is 12.5. The van der Waals surface area contributed by atoms with E-state index in [4.69, 9.17) is 11.6 Å². The molecule has 26 heavy (non-hydrogen) atoms. The number of nitrogens with zero attached hydrogens (tertiary/aromatic N) is 1. The lowest BCUT2D eigenvalue weighted by Gasteiger charge is -2.16. The van der Waals surface area contributed by atoms with Crippen LogP contribution in [-0.2, 0) is 22.6 Å². The van der Waals surface area contributed by atoms with Gasteiger partial charge in [-0.05, 0) is 29.7 Å². The average molecular weight is 375 g/mol. The molecule has 136 valence electrons. The molecule has 1 fully saturated rings. The van der Waals surface area contributed by atoms with Gasteiger partial charge in [0.05, 0.1) is 5.92 Å². The number of likely N-dealkylation sites (tertiary alicyclic amines) is 1. The molecule has 6 heteroatoms. The standard InChI is InChI=1S/C20H20ClFN2O2/c21-18-11-17(22)7-6-15(18)12-23-20(26)16-10-19(25)24(13-16)9-8-14-4-2-1-3-5-14/h1-7,11,16H,8-10,12-13H2,(H,23,26)/t16-/m1/s1. The van der Waals surface area contributed by atoms with Gasteiger partial charge in [-0.3, -0.25) is 9.59 Å². The minimum atomic E-state index is -0.416. The molecule has 0 spiro atoms. The fourth-order valence-corrected chi connectivity index (χ4v) is 3.30. The van der Waals surface area contributed by atoms with Crippen molar-refractivity contribution in [3.8, 4) is 0 Å². The first-order valence-electron chi connectivity index (χ1n) is 8.56. The molecule has 1 saturated heterocycles. The van der Waals surface area contributed by atoms with Crippen LogP contribution in [0.4, 0.5) is 4.39 Å². The lowest BCUT2D eigenvalue weighted by molar-refractivity contribution is -0.129. The van der Waals surface area contributed by atoms with Crippen molar-refractivity contribution >= 4 is 23.4 Å². The van der Waals surface area contributed by atoms with E-state index in [1.54, 1.807) is 11.0 Å². The number of hydrogen-bond donors (Lipinski definition) is 1. The van der Waals surface area contributed by atoms with E-state index >= 15 is 0 Å². The van der Waals surface area contributed by atoms with Crippen LogP contribution in [0.5, 0.6) is 0 Å². The summed E-state index contributed by atoms with van der Waals surface area (Å²) < 4.78 is 13.1. The number of carbonyl (C=O) groups excluding carboxylic acids is 2. The fourth-order valence-electron chi connectivity index (χ4n) is 3.06. The SMILES string of the molecule is O=C(NCc1ccc(F)cc1Cl)[C@@H]1CC(=O)N(CCc2ccccc2)C1. The van der Waals surface area contributed by atoms with Crippen molar-refractivity contribution < 1.29 is 14.0 Å². The number of hydrogen-bond acceptors (Lipinski definition) is 2. The van der Waals surface area contributed by atoms with Crippen LogP contribution < -0.4 is 5.32 Å². The highest BCUT2D eigenvalue weighted by Crippen LogP contribution is 2.20. The second kappa shape index (κ2) is 8.32. The van der Waals surface area contributed by atoms with E-state index in [0.29, 0.717) is 18.7 Å². The molecule has 0 bridgehead atoms. The van der Waals surface area contributed by atoms with Gasteiger partial charge in [0.25, 0.3) is 0 Å². The number of rotatable bonds is 6. The Labute approximate surface area is 157 Å². The smallest absolute Gasteiger partial charge is 0.225 e. The predicted molar refractivity (Wildman–Crippen MR) is 98.1 cm³/mol. The van der Waals surface area contributed by atoms with Crippen LogP contribution in [0.1, 0.15) is 17.5 Å². The van der Waals surface area contributed by atoms with Gasteiger partial charge in [0, 0.05) is 31.1 Å². The summed E-state index contributed by atoms with van der Waals surface area (Å²) in [7, 11) is 0. The van der Waals surface area contributed by atoms with Crippen LogP contribution in [0.2, 0.25) is 5.02 Å². The molecular weight excluding hydrogens is 355 g/mol. The molecular formula is C20H20ClFN2O2. The zero-order valence-corrected chi connectivity index (χ0v) is 15.0. The molecule has 4 nitrogen and oxygen atoms in total. The van der Waals surface area contributed by atoms with Gasteiger partial charge in [0.15, 0.2) is 0 Å². The summed E-state index contributed by atoms with van der Waals surface area (Å²) in [6.07, 6.45) is 0.990. The van der Waals surface area contributed by atoms with Crippen molar-refractivity contribution in [3.05, 3.63) is 70.5 Å². The van der Waals surface area contributed by atoms with Gasteiger partial charge < -0.3 is 10.2 Å². The monoisotopic (exact) mass is 374 g/mol. The van der Waals surface area contributed by atoms with E-state index in [0.717, 1.165) is 6.42 Å². The lowest BCUT2D eigenvalue weighted by Crippen LogP contribution is -2.33. The first kappa shape index (κ1) is 18.4. The van der Waals surface area contributed by atoms with E-state index in [-0.39, 0.29) is 35.7 Å². The van der Waals surface area contributed by atoms with Crippen molar-refractivity contribution in [2.45, 2.75) is 19.4 Å². The number of nitrogens with one attached hydrogen (secondary N) is 1. The van der Waals surface area contributed by atoms with Crippen molar-refractivity contribution in [2.24, 2.45) is 5.92 Å². The Morgan fingerprint density at radius 2 is 2.00 bits per heavy atom. The highest BCUT2D eigenvalue weighted by Gasteiger charge is 2.33. The van der Waals surface area contributed by atoms with Crippen LogP contribution in [0, 0.1) is 11.7 Å². The summed E-state index contributed by atoms with van der Waals surface area (Å²) >= 11 is 5.96. The Morgan fingerprint density at radius 3 is 2.73 bits per heavy atom. The number of amides is 2. The molecule has 0 aromatic heterocycles. The highest BCUT2D eigenvalue weighted by molar-refractivity contribution is 6.31. The summed E-state index contributed by atoms with van der Waals surface area (Å²) in [5.41, 5.74) is 1.81. The van der Waals surface area contributed by atoms with Crippen molar-refractivity contribution in [2.75, 3.05) is 13.1 Å². The van der Waals surface area contributed by atoms with Crippen LogP contribution in [0.15, 0.2) is 48.5 Å². The summed E-state index contributed by atoms with van der Waals surface area (Å²) in [5.74, 6) is -0.958. The highest BCUT2D eigenvalue weighted by atomic mass is 35.5. The fraction of sp³-hybridized carbons (Fsp3) is 0.300. The van der Waals surface area contributed by atoms with Crippen molar-refractivity contribution in [1.29, 1.82) is 0 Å². The number of carbonyl (C=O) groups is 2. The van der Waals surface area contributed by atoms with Gasteiger partial charge in [-0.2, -0.15) is 0 Å². The van der Waals surface area contributed by atoms with Gasteiger partial charge in [0.2, 0.25) is 11.8 Å². The largest absolute Gasteiger partial charge is 0.352 e. The molecule has 2 aromatic rings. The van der Waals surface area contributed by atoms with E-state index in [1.165, 1.54) is 17.7 Å². The van der Waals surface area contributed by atoms with Gasteiger partial charge in [-0.1, -0.05) is 48.0 Å². The maximum atomic E-state index is 13.1. The summed E-state index contributed by atoms with van der Waals surface area (Å²) in [6, 6.07) is 14.0. The Bertz CT molecular complexity index is 798. The normalized spacial score (nSPS) is 16.8. The maximum absolute atomic E-state index is 13.1. The third kappa shape index (κ3) is 4.61. The Hall–Kier alpha value is -2.40. The topological polar surface area (TPSA) is 49.4 Å². The number of benzene rings is 2. The molecule has 2 aromatic carbocycles. The Kier molecular flexibility index (Phi) is 5.89. The van der Waals surface area contributed by atoms with Crippen LogP contribution in [0.3, 0.4) is 0 Å². The Balaban J connectivity index is 1.50. The van der Waals surface area contributed by atoms with Gasteiger partial charge in [-0.25, -0.2) is 4.39 Å². The minimum Gasteiger partial charge on any atom is -0.352 e. The summed E-state index contributed by atoms with van der Waals surface area (Å²) in [6.45, 7) is 1.25. The third-order valence-corrected chi connectivity index (χ3v) is 4.92. The maximum Gasteiger partial charge on any atom is 0.225 e. The second-order valence-corrected chi connectivity index (χ2v) is 6.84. The van der Waals surface area contributed by atoms with Gasteiger partial charge >= 0.3 is 0 Å². The molecule has 0 aliphatic carbocycles. The first-order valence-corrected chi connectivity index (χ1v) is 8.94. The van der Waals surface area contributed by atoms with Crippen LogP contribution in [-0.4, -0.2) is 29.8 Å². The zero-order chi connectivity index (χ0) is 18.5. The van der Waals surface area contributed by atoms with E-state index in [2.05, 4.69) is 5.32 Å². The van der Waals surface area contributed by atoms with E-state index < -0.39 is 5.82 Å². The van der Waals surface area contributed by atoms with E-state index in [1.807, 2.05) is 30.3 Å². The second-order valence-electron chi connectivity index (χ2n) is 6.43. The molecule has 3 rings (SSSR count). The predicted octanol–water partition coefficient (Wildman–Crippen LogP) is 3.19. The molecule has 1 atom stereocenters. The third-order valence-electron chi connectivity index (χ3n) is 4.57. The van der Waals surface area contributed by atoms with Crippen LogP contribution >= 0.6 is 11.6 Å². The molecule has 1 N–H and O–H groups in total. The molecule has 0 radical (unpaired) electrons. The van der Waals surface area contributed by atoms with Crippen LogP contribution in [0.25, 0.3) is 0 Å². The number of halogens is 2. The van der Waals surface area contributed by atoms with Gasteiger partial charge in [0.1, 0.15) is 5.82 Å². The summed E-state index contributed by atoms with van der Waals surface area (Å²) in [5, 5.41) is 3.07. The molecule has 0 unspecified atom stereocenters. The van der Waals surface area contributed by atoms with Crippen molar-refractivity contribution in [1.82, 2.24) is 10.2 Å². The average Bonchev–Trinajstić information content (AvgIpc) is 3.01. The van der Waals surface area contributed by atoms with E-state index in [9.17, 15) is 14.0 Å². The molecule has 1 heterocycles. The molecule has 1 aliphatic rings.